The molecular weight excluding hydrogens is 731 g/mol. The Morgan fingerprint density at radius 3 is 2.09 bits per heavy atom. The Morgan fingerprint density at radius 1 is 0.776 bits per heavy atom. The van der Waals surface area contributed by atoms with Crippen LogP contribution in [-0.2, 0) is 6.42 Å². The SMILES string of the molecule is COc1ccc(CC(=O)c2cc3ccc4c5ccccc5[nH]c4c3c(N=Nc3ccc(Nc4nc(NCCCN(C)C)nc(NCCCN(C)C)n4)cc3)c2O)cc1. The number of benzene rings is 5. The molecule has 0 amide bonds. The van der Waals surface area contributed by atoms with Crippen LogP contribution in [0.15, 0.2) is 101 Å². The smallest absolute Gasteiger partial charge is 0.233 e. The number of carbonyl (C=O) groups excluding carboxylic acids is 1. The van der Waals surface area contributed by atoms with E-state index in [4.69, 9.17) is 4.74 Å². The van der Waals surface area contributed by atoms with Gasteiger partial charge in [0.15, 0.2) is 11.5 Å². The van der Waals surface area contributed by atoms with Gasteiger partial charge in [-0.25, -0.2) is 0 Å². The maximum absolute atomic E-state index is 13.8. The molecule has 298 valence electrons. The molecule has 0 spiro atoms. The Kier molecular flexibility index (Phi) is 12.3. The molecule has 0 aliphatic rings. The number of ketones is 1. The van der Waals surface area contributed by atoms with Crippen LogP contribution in [0.5, 0.6) is 11.5 Å². The van der Waals surface area contributed by atoms with Crippen molar-refractivity contribution < 1.29 is 14.6 Å². The van der Waals surface area contributed by atoms with E-state index in [9.17, 15) is 9.90 Å². The van der Waals surface area contributed by atoms with E-state index in [1.807, 2.05) is 113 Å². The Balaban J connectivity index is 1.17. The summed E-state index contributed by atoms with van der Waals surface area (Å²) in [5.41, 5.74) is 4.20. The van der Waals surface area contributed by atoms with Gasteiger partial charge in [-0.2, -0.15) is 20.1 Å². The number of anilines is 4. The number of nitrogens with zero attached hydrogens (tertiary/aromatic N) is 7. The number of phenolic OH excluding ortho intramolecular Hbond substituents is 1. The highest BCUT2D eigenvalue weighted by Gasteiger charge is 2.22. The largest absolute Gasteiger partial charge is 0.505 e. The fraction of sp³-hybridized carbons (Fsp3) is 0.273. The van der Waals surface area contributed by atoms with Gasteiger partial charge in [-0.15, -0.1) is 5.11 Å². The molecule has 14 heteroatoms. The number of phenols is 1. The molecule has 0 aliphatic heterocycles. The number of hydrogen-bond donors (Lipinski definition) is 5. The van der Waals surface area contributed by atoms with E-state index in [1.165, 1.54) is 0 Å². The molecule has 7 aromatic rings. The second kappa shape index (κ2) is 18.1. The van der Waals surface area contributed by atoms with E-state index in [0.29, 0.717) is 34.7 Å². The van der Waals surface area contributed by atoms with Gasteiger partial charge in [0.25, 0.3) is 0 Å². The van der Waals surface area contributed by atoms with Crippen molar-refractivity contribution in [1.29, 1.82) is 0 Å². The molecule has 0 fully saturated rings. The van der Waals surface area contributed by atoms with Crippen molar-refractivity contribution in [3.05, 3.63) is 102 Å². The number of rotatable bonds is 18. The topological polar surface area (TPSA) is 168 Å². The number of fused-ring (bicyclic) bond motifs is 5. The fourth-order valence-corrected chi connectivity index (χ4v) is 6.74. The van der Waals surface area contributed by atoms with Crippen molar-refractivity contribution in [2.75, 3.05) is 77.4 Å². The second-order valence-electron chi connectivity index (χ2n) is 14.7. The minimum atomic E-state index is -0.245. The number of aromatic amines is 1. The van der Waals surface area contributed by atoms with E-state index in [1.54, 1.807) is 13.2 Å². The van der Waals surface area contributed by atoms with Gasteiger partial charge in [-0.05, 0) is 114 Å². The maximum Gasteiger partial charge on any atom is 0.233 e. The monoisotopic (exact) mass is 779 g/mol. The molecule has 5 aromatic carbocycles. The van der Waals surface area contributed by atoms with Crippen LogP contribution in [0.25, 0.3) is 32.6 Å². The summed E-state index contributed by atoms with van der Waals surface area (Å²) < 4.78 is 5.28. The van der Waals surface area contributed by atoms with E-state index >= 15 is 0 Å². The zero-order valence-electron chi connectivity index (χ0n) is 33.5. The lowest BCUT2D eigenvalue weighted by Crippen LogP contribution is -2.19. The summed E-state index contributed by atoms with van der Waals surface area (Å²) in [4.78, 5) is 35.4. The van der Waals surface area contributed by atoms with Gasteiger partial charge in [0, 0.05) is 46.9 Å². The fourth-order valence-electron chi connectivity index (χ4n) is 6.74. The number of para-hydroxylation sites is 1. The molecule has 2 aromatic heterocycles. The average molecular weight is 780 g/mol. The third-order valence-corrected chi connectivity index (χ3v) is 9.71. The van der Waals surface area contributed by atoms with Crippen molar-refractivity contribution in [2.24, 2.45) is 10.2 Å². The Bertz CT molecular complexity index is 2520. The van der Waals surface area contributed by atoms with Crippen LogP contribution in [0, 0.1) is 0 Å². The highest BCUT2D eigenvalue weighted by molar-refractivity contribution is 6.22. The lowest BCUT2D eigenvalue weighted by atomic mass is 9.96. The molecule has 14 nitrogen and oxygen atoms in total. The normalized spacial score (nSPS) is 11.7. The number of hydrogen-bond acceptors (Lipinski definition) is 13. The predicted molar refractivity (Wildman–Crippen MR) is 233 cm³/mol. The second-order valence-corrected chi connectivity index (χ2v) is 14.7. The van der Waals surface area contributed by atoms with Crippen molar-refractivity contribution in [2.45, 2.75) is 19.3 Å². The Labute approximate surface area is 337 Å². The summed E-state index contributed by atoms with van der Waals surface area (Å²) in [5, 5.41) is 34.4. The van der Waals surface area contributed by atoms with Crippen LogP contribution in [-0.4, -0.2) is 102 Å². The minimum absolute atomic E-state index is 0.0892. The van der Waals surface area contributed by atoms with Crippen LogP contribution >= 0.6 is 0 Å². The maximum atomic E-state index is 13.8. The van der Waals surface area contributed by atoms with Crippen LogP contribution < -0.4 is 20.7 Å². The summed E-state index contributed by atoms with van der Waals surface area (Å²) in [5.74, 6) is 1.59. The van der Waals surface area contributed by atoms with Crippen molar-refractivity contribution in [1.82, 2.24) is 29.7 Å². The number of nitrogens with one attached hydrogen (secondary N) is 4. The summed E-state index contributed by atoms with van der Waals surface area (Å²) in [6.07, 6.45) is 1.97. The molecule has 0 atom stereocenters. The van der Waals surface area contributed by atoms with Gasteiger partial charge in [-0.1, -0.05) is 42.5 Å². The first-order valence-electron chi connectivity index (χ1n) is 19.3. The van der Waals surface area contributed by atoms with Crippen LogP contribution in [0.4, 0.5) is 34.9 Å². The highest BCUT2D eigenvalue weighted by atomic mass is 16.5. The van der Waals surface area contributed by atoms with Crippen molar-refractivity contribution in [3.8, 4) is 11.5 Å². The zero-order valence-corrected chi connectivity index (χ0v) is 33.5. The van der Waals surface area contributed by atoms with Gasteiger partial charge < -0.3 is 40.6 Å². The molecular formula is C44H49N11O3. The highest BCUT2D eigenvalue weighted by Crippen LogP contribution is 2.44. The summed E-state index contributed by atoms with van der Waals surface area (Å²) in [6.45, 7) is 3.33. The van der Waals surface area contributed by atoms with Gasteiger partial charge in [0.2, 0.25) is 17.8 Å². The number of ether oxygens (including phenoxy) is 1. The predicted octanol–water partition coefficient (Wildman–Crippen LogP) is 8.69. The van der Waals surface area contributed by atoms with Gasteiger partial charge >= 0.3 is 0 Å². The number of azo groups is 1. The Morgan fingerprint density at radius 2 is 1.43 bits per heavy atom. The summed E-state index contributed by atoms with van der Waals surface area (Å²) in [7, 11) is 9.79. The van der Waals surface area contributed by atoms with Crippen LogP contribution in [0.2, 0.25) is 0 Å². The average Bonchev–Trinajstić information content (AvgIpc) is 3.60. The molecule has 2 heterocycles. The Hall–Kier alpha value is -6.64. The van der Waals surface area contributed by atoms with Crippen LogP contribution in [0.3, 0.4) is 0 Å². The number of Topliss-reactive ketones (excluding diaryl/α,β-unsaturated/α-hetero) is 1. The van der Waals surface area contributed by atoms with Gasteiger partial charge in [0.1, 0.15) is 11.4 Å². The van der Waals surface area contributed by atoms with E-state index < -0.39 is 0 Å². The first kappa shape index (κ1) is 39.6. The van der Waals surface area contributed by atoms with Crippen LogP contribution in [0.1, 0.15) is 28.8 Å². The van der Waals surface area contributed by atoms with Gasteiger partial charge in [-0.3, -0.25) is 4.79 Å². The molecule has 0 saturated heterocycles. The van der Waals surface area contributed by atoms with Gasteiger partial charge in [0.05, 0.1) is 23.9 Å². The van der Waals surface area contributed by atoms with Crippen molar-refractivity contribution >= 4 is 73.3 Å². The number of aromatic hydroxyl groups is 1. The lowest BCUT2D eigenvalue weighted by molar-refractivity contribution is 0.0990. The number of methoxy groups -OCH3 is 1. The first-order chi connectivity index (χ1) is 28.1. The molecule has 58 heavy (non-hydrogen) atoms. The van der Waals surface area contributed by atoms with E-state index in [0.717, 1.165) is 77.5 Å². The molecule has 5 N–H and O–H groups in total. The lowest BCUT2D eigenvalue weighted by Gasteiger charge is -2.13. The number of H-pyrrole nitrogens is 1. The standard InChI is InChI=1S/C44H49N11O3/c1-54(2)24-8-22-45-42-49-43(46-23-9-25-55(3)4)51-44(50-42)47-30-15-17-31(18-16-30)52-53-40-38-29(14-21-34-33-10-6-7-11-36(33)48-39(34)38)27-35(41(40)57)37(56)26-28-12-19-32(58-5)20-13-28/h6-7,10-21,27,48,57H,8-9,22-26H2,1-5H3,(H3,45,46,47,49,50,51). The zero-order chi connectivity index (χ0) is 40.6. The minimum Gasteiger partial charge on any atom is -0.505 e. The molecule has 7 rings (SSSR count). The molecule has 0 aliphatic carbocycles. The third kappa shape index (κ3) is 9.48. The summed E-state index contributed by atoms with van der Waals surface area (Å²) >= 11 is 0. The number of aromatic nitrogens is 4. The quantitative estimate of drug-likeness (QED) is 0.0321. The molecule has 0 saturated carbocycles. The first-order valence-corrected chi connectivity index (χ1v) is 19.3. The van der Waals surface area contributed by atoms with E-state index in [2.05, 4.69) is 55.9 Å². The van der Waals surface area contributed by atoms with E-state index in [-0.39, 0.29) is 29.2 Å². The molecule has 0 bridgehead atoms. The molecule has 0 radical (unpaired) electrons. The molecule has 0 unspecified atom stereocenters. The number of carbonyl (C=O) groups is 1. The summed E-state index contributed by atoms with van der Waals surface area (Å²) in [6, 6.07) is 28.4. The third-order valence-electron chi connectivity index (χ3n) is 9.71. The van der Waals surface area contributed by atoms with Crippen molar-refractivity contribution in [3.63, 3.8) is 0 Å².